The summed E-state index contributed by atoms with van der Waals surface area (Å²) in [5.74, 6) is 0.821. The zero-order valence-corrected chi connectivity index (χ0v) is 12.4. The van der Waals surface area contributed by atoms with Crippen molar-refractivity contribution in [3.05, 3.63) is 29.8 Å². The monoisotopic (exact) mass is 265 g/mol. The molecule has 0 aliphatic rings. The summed E-state index contributed by atoms with van der Waals surface area (Å²) in [6.07, 6.45) is 1.93. The van der Waals surface area contributed by atoms with E-state index in [0.29, 0.717) is 13.2 Å². The topological polar surface area (TPSA) is 32.7 Å². The zero-order valence-electron chi connectivity index (χ0n) is 12.4. The molecule has 0 heterocycles. The van der Waals surface area contributed by atoms with Gasteiger partial charge in [0.25, 0.3) is 0 Å². The Morgan fingerprint density at radius 2 is 1.89 bits per heavy atom. The van der Waals surface area contributed by atoms with Gasteiger partial charge in [0.05, 0.1) is 0 Å². The smallest absolute Gasteiger partial charge is 0.119 e. The van der Waals surface area contributed by atoms with E-state index in [0.717, 1.165) is 18.8 Å². The highest BCUT2D eigenvalue weighted by Crippen LogP contribution is 2.11. The van der Waals surface area contributed by atoms with Crippen LogP contribution in [0.4, 0.5) is 0 Å². The van der Waals surface area contributed by atoms with Crippen molar-refractivity contribution in [2.45, 2.75) is 39.7 Å². The van der Waals surface area contributed by atoms with E-state index in [2.05, 4.69) is 18.7 Å². The molecular formula is C16H27NO2. The van der Waals surface area contributed by atoms with Crippen molar-refractivity contribution in [3.63, 3.8) is 0 Å². The predicted molar refractivity (Wildman–Crippen MR) is 79.7 cm³/mol. The maximum absolute atomic E-state index is 10.00. The minimum absolute atomic E-state index is 0.353. The van der Waals surface area contributed by atoms with Gasteiger partial charge in [-0.1, -0.05) is 38.0 Å². The maximum atomic E-state index is 10.00. The minimum Gasteiger partial charge on any atom is -0.491 e. The summed E-state index contributed by atoms with van der Waals surface area (Å²) in [4.78, 5) is 2.27. The first kappa shape index (κ1) is 16.0. The highest BCUT2D eigenvalue weighted by molar-refractivity contribution is 5.26. The maximum Gasteiger partial charge on any atom is 0.119 e. The molecule has 1 aromatic carbocycles. The minimum atomic E-state index is -0.432. The summed E-state index contributed by atoms with van der Waals surface area (Å²) in [5.41, 5.74) is 1.21. The second kappa shape index (κ2) is 8.94. The van der Waals surface area contributed by atoms with Crippen molar-refractivity contribution in [2.75, 3.05) is 26.2 Å². The number of hydrogen-bond acceptors (Lipinski definition) is 3. The van der Waals surface area contributed by atoms with Crippen molar-refractivity contribution in [1.82, 2.24) is 4.90 Å². The van der Waals surface area contributed by atoms with Crippen LogP contribution in [0.2, 0.25) is 0 Å². The molecule has 0 saturated carbocycles. The quantitative estimate of drug-likeness (QED) is 0.745. The van der Waals surface area contributed by atoms with Crippen LogP contribution in [-0.2, 0) is 0 Å². The summed E-state index contributed by atoms with van der Waals surface area (Å²) in [6, 6.07) is 7.91. The lowest BCUT2D eigenvalue weighted by molar-refractivity contribution is 0.0694. The third-order valence-corrected chi connectivity index (χ3v) is 3.21. The molecular weight excluding hydrogens is 238 g/mol. The molecule has 0 radical (unpaired) electrons. The number of unbranched alkanes of at least 4 members (excludes halogenated alkanes) is 1. The Labute approximate surface area is 117 Å². The Morgan fingerprint density at radius 1 is 1.21 bits per heavy atom. The number of aryl methyl sites for hydroxylation is 1. The molecule has 0 aromatic heterocycles. The first-order valence-electron chi connectivity index (χ1n) is 7.25. The largest absolute Gasteiger partial charge is 0.491 e. The van der Waals surface area contributed by atoms with E-state index in [4.69, 9.17) is 4.74 Å². The van der Waals surface area contributed by atoms with Crippen molar-refractivity contribution in [2.24, 2.45) is 0 Å². The molecule has 1 unspecified atom stereocenters. The van der Waals surface area contributed by atoms with E-state index in [1.54, 1.807) is 0 Å². The number of likely N-dealkylation sites (N-methyl/N-ethyl adjacent to an activating group) is 1. The molecule has 108 valence electrons. The summed E-state index contributed by atoms with van der Waals surface area (Å²) in [7, 11) is 0. The molecule has 0 aliphatic heterocycles. The molecule has 0 amide bonds. The fourth-order valence-corrected chi connectivity index (χ4v) is 1.94. The molecule has 0 spiro atoms. The number of aliphatic hydroxyl groups is 1. The van der Waals surface area contributed by atoms with Crippen molar-refractivity contribution < 1.29 is 9.84 Å². The van der Waals surface area contributed by atoms with E-state index in [-0.39, 0.29) is 0 Å². The molecule has 3 nitrogen and oxygen atoms in total. The number of rotatable bonds is 9. The van der Waals surface area contributed by atoms with Crippen LogP contribution in [0.25, 0.3) is 0 Å². The summed E-state index contributed by atoms with van der Waals surface area (Å²) >= 11 is 0. The van der Waals surface area contributed by atoms with Crippen LogP contribution in [-0.4, -0.2) is 42.4 Å². The lowest BCUT2D eigenvalue weighted by Gasteiger charge is -2.23. The third kappa shape index (κ3) is 6.60. The second-order valence-corrected chi connectivity index (χ2v) is 5.02. The van der Waals surface area contributed by atoms with Crippen LogP contribution in [0.3, 0.4) is 0 Å². The highest BCUT2D eigenvalue weighted by Gasteiger charge is 2.10. The average molecular weight is 265 g/mol. The standard InChI is InChI=1S/C16H27NO2/c1-4-6-11-17(5-2)12-15(18)13-19-16-9-7-14(3)8-10-16/h7-10,15,18H,4-6,11-13H2,1-3H3. The van der Waals surface area contributed by atoms with Crippen LogP contribution in [0.15, 0.2) is 24.3 Å². The van der Waals surface area contributed by atoms with E-state index >= 15 is 0 Å². The number of benzene rings is 1. The van der Waals surface area contributed by atoms with Crippen molar-refractivity contribution in [3.8, 4) is 5.75 Å². The molecule has 1 aromatic rings. The lowest BCUT2D eigenvalue weighted by Crippen LogP contribution is -2.36. The van der Waals surface area contributed by atoms with Gasteiger partial charge in [-0.05, 0) is 38.6 Å². The first-order valence-corrected chi connectivity index (χ1v) is 7.25. The molecule has 0 aliphatic carbocycles. The van der Waals surface area contributed by atoms with Crippen LogP contribution in [0.5, 0.6) is 5.75 Å². The van der Waals surface area contributed by atoms with Gasteiger partial charge in [-0.3, -0.25) is 0 Å². The summed E-state index contributed by atoms with van der Waals surface area (Å²) < 4.78 is 5.60. The van der Waals surface area contributed by atoms with Gasteiger partial charge in [0, 0.05) is 6.54 Å². The zero-order chi connectivity index (χ0) is 14.1. The molecule has 19 heavy (non-hydrogen) atoms. The number of ether oxygens (including phenoxy) is 1. The van der Waals surface area contributed by atoms with Crippen molar-refractivity contribution in [1.29, 1.82) is 0 Å². The Balaban J connectivity index is 2.29. The van der Waals surface area contributed by atoms with Gasteiger partial charge in [0.2, 0.25) is 0 Å². The molecule has 1 rings (SSSR count). The van der Waals surface area contributed by atoms with Crippen molar-refractivity contribution >= 4 is 0 Å². The number of aliphatic hydroxyl groups excluding tert-OH is 1. The van der Waals surface area contributed by atoms with Crippen LogP contribution in [0.1, 0.15) is 32.3 Å². The Bertz CT molecular complexity index is 337. The number of nitrogens with zero attached hydrogens (tertiary/aromatic N) is 1. The van der Waals surface area contributed by atoms with E-state index in [1.807, 2.05) is 31.2 Å². The van der Waals surface area contributed by atoms with Gasteiger partial charge in [-0.25, -0.2) is 0 Å². The second-order valence-electron chi connectivity index (χ2n) is 5.02. The van der Waals surface area contributed by atoms with Crippen LogP contribution < -0.4 is 4.74 Å². The summed E-state index contributed by atoms with van der Waals surface area (Å²) in [5, 5.41) is 10.00. The Kier molecular flexibility index (Phi) is 7.53. The Morgan fingerprint density at radius 3 is 2.47 bits per heavy atom. The van der Waals surface area contributed by atoms with E-state index < -0.39 is 6.10 Å². The first-order chi connectivity index (χ1) is 9.15. The van der Waals surface area contributed by atoms with Crippen LogP contribution >= 0.6 is 0 Å². The van der Waals surface area contributed by atoms with Gasteiger partial charge >= 0.3 is 0 Å². The van der Waals surface area contributed by atoms with E-state index in [1.165, 1.54) is 18.4 Å². The SMILES string of the molecule is CCCCN(CC)CC(O)COc1ccc(C)cc1. The summed E-state index contributed by atoms with van der Waals surface area (Å²) in [6.45, 7) is 9.42. The predicted octanol–water partition coefficient (Wildman–Crippen LogP) is 2.86. The molecule has 1 atom stereocenters. The normalized spacial score (nSPS) is 12.7. The highest BCUT2D eigenvalue weighted by atomic mass is 16.5. The fraction of sp³-hybridized carbons (Fsp3) is 0.625. The third-order valence-electron chi connectivity index (χ3n) is 3.21. The lowest BCUT2D eigenvalue weighted by atomic mass is 10.2. The van der Waals surface area contributed by atoms with Crippen LogP contribution in [0, 0.1) is 6.92 Å². The Hall–Kier alpha value is -1.06. The van der Waals surface area contributed by atoms with E-state index in [9.17, 15) is 5.11 Å². The molecule has 0 fully saturated rings. The average Bonchev–Trinajstić information content (AvgIpc) is 2.42. The molecule has 0 saturated heterocycles. The van der Waals surface area contributed by atoms with Gasteiger partial charge in [-0.15, -0.1) is 0 Å². The van der Waals surface area contributed by atoms with Gasteiger partial charge in [0.15, 0.2) is 0 Å². The fourth-order valence-electron chi connectivity index (χ4n) is 1.94. The molecule has 0 bridgehead atoms. The van der Waals surface area contributed by atoms with Gasteiger partial charge in [0.1, 0.15) is 18.5 Å². The van der Waals surface area contributed by atoms with Gasteiger partial charge in [-0.2, -0.15) is 0 Å². The van der Waals surface area contributed by atoms with Gasteiger partial charge < -0.3 is 14.7 Å². The molecule has 1 N–H and O–H groups in total. The number of hydrogen-bond donors (Lipinski definition) is 1. The molecule has 3 heteroatoms.